The summed E-state index contributed by atoms with van der Waals surface area (Å²) < 4.78 is 5.23. The number of hydrogen-bond donors (Lipinski definition) is 1. The van der Waals surface area contributed by atoms with Crippen molar-refractivity contribution in [2.75, 3.05) is 25.2 Å². The molecule has 1 aromatic carbocycles. The highest BCUT2D eigenvalue weighted by molar-refractivity contribution is 5.49. The van der Waals surface area contributed by atoms with Crippen LogP contribution in [0.3, 0.4) is 0 Å². The van der Waals surface area contributed by atoms with Gasteiger partial charge < -0.3 is 14.7 Å². The Morgan fingerprint density at radius 2 is 1.65 bits per heavy atom. The summed E-state index contributed by atoms with van der Waals surface area (Å²) in [7, 11) is 1.74. The van der Waals surface area contributed by atoms with Gasteiger partial charge in [-0.15, -0.1) is 0 Å². The summed E-state index contributed by atoms with van der Waals surface area (Å²) in [5.74, 6) is 0. The van der Waals surface area contributed by atoms with Crippen LogP contribution >= 0.6 is 0 Å². The Labute approximate surface area is 123 Å². The van der Waals surface area contributed by atoms with E-state index in [0.29, 0.717) is 6.04 Å². The molecule has 0 radical (unpaired) electrons. The molecule has 0 aliphatic carbocycles. The highest BCUT2D eigenvalue weighted by atomic mass is 16.5. The molecule has 20 heavy (non-hydrogen) atoms. The SMILES string of the molecule is CCC(CC)N(CCOC)c1ccc([C@@H](O)CC)cc1. The molecule has 0 unspecified atom stereocenters. The maximum absolute atomic E-state index is 9.87. The predicted molar refractivity (Wildman–Crippen MR) is 85.3 cm³/mol. The summed E-state index contributed by atoms with van der Waals surface area (Å²) in [5, 5.41) is 9.87. The number of nitrogens with zero attached hydrogens (tertiary/aromatic N) is 1. The molecule has 0 aliphatic heterocycles. The van der Waals surface area contributed by atoms with E-state index in [-0.39, 0.29) is 6.10 Å². The van der Waals surface area contributed by atoms with Gasteiger partial charge in [0.25, 0.3) is 0 Å². The molecule has 0 saturated carbocycles. The molecule has 1 N–H and O–H groups in total. The zero-order valence-corrected chi connectivity index (χ0v) is 13.3. The van der Waals surface area contributed by atoms with Crippen LogP contribution in [0.25, 0.3) is 0 Å². The topological polar surface area (TPSA) is 32.7 Å². The minimum absolute atomic E-state index is 0.357. The Bertz CT molecular complexity index is 360. The molecule has 0 heterocycles. The molecule has 0 amide bonds. The summed E-state index contributed by atoms with van der Waals surface area (Å²) in [6.07, 6.45) is 2.64. The quantitative estimate of drug-likeness (QED) is 0.747. The van der Waals surface area contributed by atoms with Crippen molar-refractivity contribution < 1.29 is 9.84 Å². The average Bonchev–Trinajstić information content (AvgIpc) is 2.51. The fourth-order valence-electron chi connectivity index (χ4n) is 2.57. The van der Waals surface area contributed by atoms with E-state index >= 15 is 0 Å². The Morgan fingerprint density at radius 1 is 1.05 bits per heavy atom. The van der Waals surface area contributed by atoms with Crippen molar-refractivity contribution in [3.8, 4) is 0 Å². The maximum atomic E-state index is 9.87. The van der Waals surface area contributed by atoms with Crippen molar-refractivity contribution in [1.82, 2.24) is 0 Å². The number of benzene rings is 1. The second-order valence-electron chi connectivity index (χ2n) is 5.17. The van der Waals surface area contributed by atoms with Crippen LogP contribution in [-0.4, -0.2) is 31.4 Å². The summed E-state index contributed by atoms with van der Waals surface area (Å²) in [5.41, 5.74) is 2.20. The number of ether oxygens (including phenoxy) is 1. The Kier molecular flexibility index (Phi) is 7.63. The summed E-state index contributed by atoms with van der Waals surface area (Å²) >= 11 is 0. The molecule has 0 spiro atoms. The van der Waals surface area contributed by atoms with Gasteiger partial charge in [0.05, 0.1) is 12.7 Å². The molecule has 0 bridgehead atoms. The van der Waals surface area contributed by atoms with E-state index in [2.05, 4.69) is 30.9 Å². The van der Waals surface area contributed by atoms with Crippen LogP contribution in [0.15, 0.2) is 24.3 Å². The maximum Gasteiger partial charge on any atom is 0.0787 e. The minimum Gasteiger partial charge on any atom is -0.388 e. The van der Waals surface area contributed by atoms with Gasteiger partial charge in [-0.25, -0.2) is 0 Å². The molecular formula is C17H29NO2. The molecule has 0 aliphatic rings. The van der Waals surface area contributed by atoms with Crippen molar-refractivity contribution in [1.29, 1.82) is 0 Å². The van der Waals surface area contributed by atoms with Crippen molar-refractivity contribution in [3.05, 3.63) is 29.8 Å². The van der Waals surface area contributed by atoms with E-state index in [1.165, 1.54) is 5.69 Å². The second kappa shape index (κ2) is 8.98. The van der Waals surface area contributed by atoms with E-state index in [1.807, 2.05) is 19.1 Å². The van der Waals surface area contributed by atoms with Gasteiger partial charge in [0, 0.05) is 25.4 Å². The van der Waals surface area contributed by atoms with Crippen LogP contribution in [0, 0.1) is 0 Å². The standard InChI is InChI=1S/C17H29NO2/c1-5-15(6-2)18(12-13-20-4)16-10-8-14(9-11-16)17(19)7-3/h8-11,15,17,19H,5-7,12-13H2,1-4H3/t17-/m0/s1. The summed E-state index contributed by atoms with van der Waals surface area (Å²) in [6.45, 7) is 8.08. The van der Waals surface area contributed by atoms with Crippen molar-refractivity contribution in [3.63, 3.8) is 0 Å². The van der Waals surface area contributed by atoms with Crippen LogP contribution in [0.4, 0.5) is 5.69 Å². The lowest BCUT2D eigenvalue weighted by Crippen LogP contribution is -2.37. The van der Waals surface area contributed by atoms with Gasteiger partial charge in [0.2, 0.25) is 0 Å². The van der Waals surface area contributed by atoms with Crippen LogP contribution in [-0.2, 0) is 4.74 Å². The first-order valence-corrected chi connectivity index (χ1v) is 7.71. The third-order valence-corrected chi connectivity index (χ3v) is 3.92. The van der Waals surface area contributed by atoms with Gasteiger partial charge in [0.1, 0.15) is 0 Å². The normalized spacial score (nSPS) is 12.7. The number of aliphatic hydroxyl groups is 1. The van der Waals surface area contributed by atoms with Crippen LogP contribution < -0.4 is 4.90 Å². The molecule has 1 aromatic rings. The number of rotatable bonds is 9. The van der Waals surface area contributed by atoms with Crippen LogP contribution in [0.5, 0.6) is 0 Å². The monoisotopic (exact) mass is 279 g/mol. The van der Waals surface area contributed by atoms with Gasteiger partial charge in [-0.2, -0.15) is 0 Å². The smallest absolute Gasteiger partial charge is 0.0787 e. The van der Waals surface area contributed by atoms with E-state index in [1.54, 1.807) is 7.11 Å². The van der Waals surface area contributed by atoms with Gasteiger partial charge in [-0.05, 0) is 37.0 Å². The first kappa shape index (κ1) is 17.0. The highest BCUT2D eigenvalue weighted by Gasteiger charge is 2.16. The Morgan fingerprint density at radius 3 is 2.10 bits per heavy atom. The lowest BCUT2D eigenvalue weighted by atomic mass is 10.0. The molecule has 3 heteroatoms. The van der Waals surface area contributed by atoms with E-state index < -0.39 is 0 Å². The van der Waals surface area contributed by atoms with Gasteiger partial charge >= 0.3 is 0 Å². The van der Waals surface area contributed by atoms with Crippen molar-refractivity contribution >= 4 is 5.69 Å². The third-order valence-electron chi connectivity index (χ3n) is 3.92. The molecule has 1 atom stereocenters. The Balaban J connectivity index is 2.89. The molecule has 0 fully saturated rings. The summed E-state index contributed by atoms with van der Waals surface area (Å²) in [4.78, 5) is 2.41. The molecule has 3 nitrogen and oxygen atoms in total. The van der Waals surface area contributed by atoms with E-state index in [4.69, 9.17) is 4.74 Å². The number of hydrogen-bond acceptors (Lipinski definition) is 3. The lowest BCUT2D eigenvalue weighted by Gasteiger charge is -2.32. The number of methoxy groups -OCH3 is 1. The Hall–Kier alpha value is -1.06. The van der Waals surface area contributed by atoms with E-state index in [9.17, 15) is 5.11 Å². The second-order valence-corrected chi connectivity index (χ2v) is 5.17. The predicted octanol–water partition coefficient (Wildman–Crippen LogP) is 3.77. The zero-order valence-electron chi connectivity index (χ0n) is 13.3. The molecular weight excluding hydrogens is 250 g/mol. The van der Waals surface area contributed by atoms with Gasteiger partial charge in [0.15, 0.2) is 0 Å². The fraction of sp³-hybridized carbons (Fsp3) is 0.647. The zero-order chi connectivity index (χ0) is 15.0. The van der Waals surface area contributed by atoms with Crippen molar-refractivity contribution in [2.24, 2.45) is 0 Å². The lowest BCUT2D eigenvalue weighted by molar-refractivity contribution is 0.173. The molecule has 0 saturated heterocycles. The van der Waals surface area contributed by atoms with Gasteiger partial charge in [-0.3, -0.25) is 0 Å². The van der Waals surface area contributed by atoms with Gasteiger partial charge in [-0.1, -0.05) is 32.9 Å². The highest BCUT2D eigenvalue weighted by Crippen LogP contribution is 2.24. The van der Waals surface area contributed by atoms with Crippen molar-refractivity contribution in [2.45, 2.75) is 52.2 Å². The van der Waals surface area contributed by atoms with E-state index in [0.717, 1.165) is 38.0 Å². The number of anilines is 1. The van der Waals surface area contributed by atoms with Crippen LogP contribution in [0.1, 0.15) is 51.7 Å². The largest absolute Gasteiger partial charge is 0.388 e. The first-order chi connectivity index (χ1) is 9.67. The number of aliphatic hydroxyl groups excluding tert-OH is 1. The molecule has 114 valence electrons. The summed E-state index contributed by atoms with van der Waals surface area (Å²) in [6, 6.07) is 8.83. The average molecular weight is 279 g/mol. The van der Waals surface area contributed by atoms with Crippen LogP contribution in [0.2, 0.25) is 0 Å². The third kappa shape index (κ3) is 4.50. The fourth-order valence-corrected chi connectivity index (χ4v) is 2.57. The first-order valence-electron chi connectivity index (χ1n) is 7.71. The molecule has 1 rings (SSSR count). The molecule has 0 aromatic heterocycles. The minimum atomic E-state index is -0.357.